The van der Waals surface area contributed by atoms with Crippen LogP contribution in [0.2, 0.25) is 0 Å². The second-order valence-electron chi connectivity index (χ2n) is 5.80. The molecule has 0 fully saturated rings. The van der Waals surface area contributed by atoms with Crippen LogP contribution in [0.25, 0.3) is 10.8 Å². The molecular weight excluding hydrogens is 326 g/mol. The summed E-state index contributed by atoms with van der Waals surface area (Å²) in [6.07, 6.45) is 4.50. The summed E-state index contributed by atoms with van der Waals surface area (Å²) < 4.78 is 1.35. The molecule has 1 heterocycles. The van der Waals surface area contributed by atoms with Crippen LogP contribution in [0.5, 0.6) is 0 Å². The van der Waals surface area contributed by atoms with Crippen molar-refractivity contribution in [2.45, 2.75) is 0 Å². The molecule has 0 unspecified atom stereocenters. The maximum atomic E-state index is 12.9. The molecule has 5 heteroatoms. The average molecular weight is 341 g/mol. The van der Waals surface area contributed by atoms with Gasteiger partial charge in [-0.05, 0) is 23.6 Å². The van der Waals surface area contributed by atoms with Gasteiger partial charge in [0.15, 0.2) is 0 Å². The SMILES string of the molecule is O=C(Nc1cccc2ccccc12)c1ccccc1C(=O)n1ccnc1. The molecule has 1 N–H and O–H groups in total. The minimum absolute atomic E-state index is 0.300. The Balaban J connectivity index is 1.70. The van der Waals surface area contributed by atoms with E-state index in [1.807, 2.05) is 42.5 Å². The quantitative estimate of drug-likeness (QED) is 0.613. The first-order valence-electron chi connectivity index (χ1n) is 8.15. The number of carbonyl (C=O) groups is 2. The van der Waals surface area contributed by atoms with Gasteiger partial charge in [-0.1, -0.05) is 48.5 Å². The number of amides is 1. The summed E-state index contributed by atoms with van der Waals surface area (Å²) in [5, 5.41) is 4.91. The Morgan fingerprint density at radius 1 is 0.846 bits per heavy atom. The molecule has 5 nitrogen and oxygen atoms in total. The molecule has 0 aliphatic carbocycles. The third-order valence-electron chi connectivity index (χ3n) is 4.18. The Hall–Kier alpha value is -3.73. The van der Waals surface area contributed by atoms with E-state index in [0.29, 0.717) is 16.8 Å². The molecule has 0 atom stereocenters. The van der Waals surface area contributed by atoms with Gasteiger partial charge in [0.1, 0.15) is 6.33 Å². The van der Waals surface area contributed by atoms with Crippen molar-refractivity contribution >= 4 is 28.3 Å². The normalized spacial score (nSPS) is 10.6. The summed E-state index contributed by atoms with van der Waals surface area (Å²) in [7, 11) is 0. The van der Waals surface area contributed by atoms with Crippen molar-refractivity contribution in [3.8, 4) is 0 Å². The Kier molecular flexibility index (Phi) is 4.03. The molecule has 0 spiro atoms. The highest BCUT2D eigenvalue weighted by molar-refractivity contribution is 6.14. The number of anilines is 1. The van der Waals surface area contributed by atoms with Crippen molar-refractivity contribution in [1.29, 1.82) is 0 Å². The topological polar surface area (TPSA) is 64.0 Å². The molecule has 1 aromatic heterocycles. The first-order chi connectivity index (χ1) is 12.7. The Morgan fingerprint density at radius 2 is 1.58 bits per heavy atom. The van der Waals surface area contributed by atoms with Crippen LogP contribution in [-0.4, -0.2) is 21.4 Å². The number of benzene rings is 3. The smallest absolute Gasteiger partial charge is 0.263 e. The average Bonchev–Trinajstić information content (AvgIpc) is 3.22. The lowest BCUT2D eigenvalue weighted by molar-refractivity contribution is 0.0945. The highest BCUT2D eigenvalue weighted by Crippen LogP contribution is 2.24. The fraction of sp³-hybridized carbons (Fsp3) is 0. The lowest BCUT2D eigenvalue weighted by atomic mass is 10.0. The predicted octanol–water partition coefficient (Wildman–Crippen LogP) is 3.98. The molecule has 0 aliphatic heterocycles. The lowest BCUT2D eigenvalue weighted by Crippen LogP contribution is -2.19. The van der Waals surface area contributed by atoms with Gasteiger partial charge in [-0.15, -0.1) is 0 Å². The number of nitrogens with one attached hydrogen (secondary N) is 1. The predicted molar refractivity (Wildman–Crippen MR) is 100 cm³/mol. The van der Waals surface area contributed by atoms with Gasteiger partial charge in [0, 0.05) is 23.5 Å². The van der Waals surface area contributed by atoms with Crippen LogP contribution in [0, 0.1) is 0 Å². The van der Waals surface area contributed by atoms with Crippen molar-refractivity contribution in [3.05, 3.63) is 96.6 Å². The minimum atomic E-state index is -0.328. The second-order valence-corrected chi connectivity index (χ2v) is 5.80. The second kappa shape index (κ2) is 6.64. The van der Waals surface area contributed by atoms with Crippen LogP contribution >= 0.6 is 0 Å². The van der Waals surface area contributed by atoms with Gasteiger partial charge < -0.3 is 5.32 Å². The monoisotopic (exact) mass is 341 g/mol. The standard InChI is InChI=1S/C21H15N3O2/c25-20(23-19-11-5-7-15-6-1-2-8-16(15)19)17-9-3-4-10-18(17)21(26)24-13-12-22-14-24/h1-14H,(H,23,25). The van der Waals surface area contributed by atoms with E-state index < -0.39 is 0 Å². The van der Waals surface area contributed by atoms with E-state index in [4.69, 9.17) is 0 Å². The Labute approximate surface area is 149 Å². The first kappa shape index (κ1) is 15.8. The number of fused-ring (bicyclic) bond motifs is 1. The number of nitrogens with zero attached hydrogens (tertiary/aromatic N) is 2. The molecule has 4 rings (SSSR count). The zero-order valence-electron chi connectivity index (χ0n) is 13.8. The number of carbonyl (C=O) groups excluding carboxylic acids is 2. The van der Waals surface area contributed by atoms with Crippen molar-refractivity contribution in [2.75, 3.05) is 5.32 Å². The number of rotatable bonds is 3. The summed E-state index contributed by atoms with van der Waals surface area (Å²) in [6, 6.07) is 20.3. The van der Waals surface area contributed by atoms with E-state index in [0.717, 1.165) is 10.8 Å². The van der Waals surface area contributed by atoms with Crippen LogP contribution < -0.4 is 5.32 Å². The lowest BCUT2D eigenvalue weighted by Gasteiger charge is -2.11. The van der Waals surface area contributed by atoms with E-state index in [-0.39, 0.29) is 11.8 Å². The molecule has 0 aliphatic rings. The fourth-order valence-corrected chi connectivity index (χ4v) is 2.91. The number of hydrogen-bond donors (Lipinski definition) is 1. The zero-order chi connectivity index (χ0) is 17.9. The highest BCUT2D eigenvalue weighted by Gasteiger charge is 2.18. The molecule has 0 radical (unpaired) electrons. The summed E-state index contributed by atoms with van der Waals surface area (Å²) in [6.45, 7) is 0. The van der Waals surface area contributed by atoms with E-state index in [1.165, 1.54) is 17.1 Å². The van der Waals surface area contributed by atoms with Crippen LogP contribution in [0.4, 0.5) is 5.69 Å². The van der Waals surface area contributed by atoms with Crippen molar-refractivity contribution in [2.24, 2.45) is 0 Å². The van der Waals surface area contributed by atoms with Gasteiger partial charge in [0.25, 0.3) is 11.8 Å². The highest BCUT2D eigenvalue weighted by atomic mass is 16.2. The fourth-order valence-electron chi connectivity index (χ4n) is 2.91. The molecule has 26 heavy (non-hydrogen) atoms. The molecule has 3 aromatic carbocycles. The molecule has 0 saturated carbocycles. The molecule has 0 bridgehead atoms. The summed E-state index contributed by atoms with van der Waals surface area (Å²) in [4.78, 5) is 29.4. The van der Waals surface area contributed by atoms with Crippen LogP contribution in [0.15, 0.2) is 85.5 Å². The van der Waals surface area contributed by atoms with E-state index >= 15 is 0 Å². The molecule has 4 aromatic rings. The zero-order valence-corrected chi connectivity index (χ0v) is 13.8. The largest absolute Gasteiger partial charge is 0.321 e. The van der Waals surface area contributed by atoms with E-state index in [1.54, 1.807) is 30.5 Å². The van der Waals surface area contributed by atoms with Crippen molar-refractivity contribution in [3.63, 3.8) is 0 Å². The molecule has 1 amide bonds. The third kappa shape index (κ3) is 2.86. The van der Waals surface area contributed by atoms with Crippen LogP contribution in [0.1, 0.15) is 20.7 Å². The molecule has 126 valence electrons. The Bertz CT molecular complexity index is 1100. The third-order valence-corrected chi connectivity index (χ3v) is 4.18. The number of hydrogen-bond acceptors (Lipinski definition) is 3. The van der Waals surface area contributed by atoms with E-state index in [2.05, 4.69) is 10.3 Å². The summed E-state index contributed by atoms with van der Waals surface area (Å²) in [5.74, 6) is -0.628. The van der Waals surface area contributed by atoms with Gasteiger partial charge in [-0.3, -0.25) is 14.2 Å². The number of imidazole rings is 1. The van der Waals surface area contributed by atoms with Gasteiger partial charge >= 0.3 is 0 Å². The van der Waals surface area contributed by atoms with E-state index in [9.17, 15) is 9.59 Å². The molecule has 0 saturated heterocycles. The maximum absolute atomic E-state index is 12.9. The van der Waals surface area contributed by atoms with Crippen molar-refractivity contribution in [1.82, 2.24) is 9.55 Å². The van der Waals surface area contributed by atoms with Crippen LogP contribution in [0.3, 0.4) is 0 Å². The van der Waals surface area contributed by atoms with Gasteiger partial charge in [0.2, 0.25) is 0 Å². The maximum Gasteiger partial charge on any atom is 0.263 e. The van der Waals surface area contributed by atoms with Gasteiger partial charge in [0.05, 0.1) is 11.1 Å². The minimum Gasteiger partial charge on any atom is -0.321 e. The van der Waals surface area contributed by atoms with Crippen molar-refractivity contribution < 1.29 is 9.59 Å². The first-order valence-corrected chi connectivity index (χ1v) is 8.15. The van der Waals surface area contributed by atoms with Gasteiger partial charge in [-0.2, -0.15) is 0 Å². The van der Waals surface area contributed by atoms with Crippen LogP contribution in [-0.2, 0) is 0 Å². The number of aromatic nitrogens is 2. The summed E-state index contributed by atoms with van der Waals surface area (Å²) >= 11 is 0. The Morgan fingerprint density at radius 3 is 2.38 bits per heavy atom. The van der Waals surface area contributed by atoms with Gasteiger partial charge in [-0.25, -0.2) is 4.98 Å². The summed E-state index contributed by atoms with van der Waals surface area (Å²) in [5.41, 5.74) is 1.35. The molecular formula is C21H15N3O2.